The van der Waals surface area contributed by atoms with E-state index in [0.29, 0.717) is 18.1 Å². The molecule has 0 atom stereocenters. The zero-order valence-electron chi connectivity index (χ0n) is 11.9. The molecule has 1 aliphatic rings. The lowest BCUT2D eigenvalue weighted by atomic mass is 9.93. The van der Waals surface area contributed by atoms with Gasteiger partial charge in [0.1, 0.15) is 6.61 Å². The molecule has 1 heterocycles. The second kappa shape index (κ2) is 6.70. The highest BCUT2D eigenvalue weighted by Gasteiger charge is 2.27. The molecular formula is C15H22N2O3. The Balaban J connectivity index is 1.97. The summed E-state index contributed by atoms with van der Waals surface area (Å²) in [5.41, 5.74) is 6.54. The number of hydrogen-bond acceptors (Lipinski definition) is 5. The van der Waals surface area contributed by atoms with Crippen LogP contribution in [0.1, 0.15) is 48.9 Å². The van der Waals surface area contributed by atoms with Crippen LogP contribution in [0.2, 0.25) is 0 Å². The Labute approximate surface area is 119 Å². The molecule has 2 rings (SSSR count). The summed E-state index contributed by atoms with van der Waals surface area (Å²) in [5.74, 6) is 0.0242. The zero-order valence-corrected chi connectivity index (χ0v) is 11.9. The largest absolute Gasteiger partial charge is 0.476 e. The summed E-state index contributed by atoms with van der Waals surface area (Å²) in [5, 5.41) is 0. The van der Waals surface area contributed by atoms with Crippen molar-refractivity contribution in [3.63, 3.8) is 0 Å². The minimum Gasteiger partial charge on any atom is -0.476 e. The third-order valence-electron chi connectivity index (χ3n) is 3.76. The van der Waals surface area contributed by atoms with Crippen molar-refractivity contribution in [3.8, 4) is 5.88 Å². The molecule has 20 heavy (non-hydrogen) atoms. The molecule has 0 amide bonds. The monoisotopic (exact) mass is 278 g/mol. The van der Waals surface area contributed by atoms with Gasteiger partial charge in [-0.2, -0.15) is 0 Å². The molecule has 1 aliphatic carbocycles. The van der Waals surface area contributed by atoms with Crippen LogP contribution in [0.3, 0.4) is 0 Å². The van der Waals surface area contributed by atoms with E-state index >= 15 is 0 Å². The van der Waals surface area contributed by atoms with E-state index in [-0.39, 0.29) is 5.54 Å². The molecule has 110 valence electrons. The number of nitrogens with zero attached hydrogens (tertiary/aromatic N) is 1. The van der Waals surface area contributed by atoms with Crippen LogP contribution in [-0.4, -0.2) is 30.2 Å². The van der Waals surface area contributed by atoms with Crippen molar-refractivity contribution >= 4 is 5.97 Å². The van der Waals surface area contributed by atoms with Gasteiger partial charge in [-0.05, 0) is 18.9 Å². The Morgan fingerprint density at radius 1 is 1.35 bits per heavy atom. The summed E-state index contributed by atoms with van der Waals surface area (Å²) in [7, 11) is 1.35. The van der Waals surface area contributed by atoms with Crippen molar-refractivity contribution in [3.05, 3.63) is 23.9 Å². The molecule has 2 N–H and O–H groups in total. The lowest BCUT2D eigenvalue weighted by molar-refractivity contribution is 0.0600. The van der Waals surface area contributed by atoms with Crippen molar-refractivity contribution in [2.24, 2.45) is 5.73 Å². The van der Waals surface area contributed by atoms with Gasteiger partial charge in [0.15, 0.2) is 0 Å². The van der Waals surface area contributed by atoms with Gasteiger partial charge in [0.25, 0.3) is 0 Å². The van der Waals surface area contributed by atoms with Gasteiger partial charge in [-0.1, -0.05) is 25.7 Å². The summed E-state index contributed by atoms with van der Waals surface area (Å²) >= 11 is 0. The highest BCUT2D eigenvalue weighted by atomic mass is 16.5. The number of carbonyl (C=O) groups is 1. The minimum absolute atomic E-state index is 0.278. The maximum Gasteiger partial charge on any atom is 0.338 e. The molecule has 5 heteroatoms. The fourth-order valence-electron chi connectivity index (χ4n) is 2.53. The normalized spacial score (nSPS) is 18.1. The highest BCUT2D eigenvalue weighted by molar-refractivity contribution is 5.89. The number of aromatic nitrogens is 1. The zero-order chi connectivity index (χ0) is 14.4. The number of carbonyl (C=O) groups excluding carboxylic acids is 1. The highest BCUT2D eigenvalue weighted by Crippen LogP contribution is 2.25. The average Bonchev–Trinajstić information content (AvgIpc) is 2.70. The van der Waals surface area contributed by atoms with Crippen LogP contribution >= 0.6 is 0 Å². The number of esters is 1. The van der Waals surface area contributed by atoms with Crippen LogP contribution in [0.25, 0.3) is 0 Å². The van der Waals surface area contributed by atoms with Crippen LogP contribution in [0.15, 0.2) is 18.3 Å². The van der Waals surface area contributed by atoms with Crippen LogP contribution < -0.4 is 10.5 Å². The third kappa shape index (κ3) is 3.93. The van der Waals surface area contributed by atoms with Crippen LogP contribution in [-0.2, 0) is 4.74 Å². The van der Waals surface area contributed by atoms with Gasteiger partial charge in [0.05, 0.1) is 18.2 Å². The Hall–Kier alpha value is -1.62. The van der Waals surface area contributed by atoms with Crippen LogP contribution in [0.5, 0.6) is 5.88 Å². The lowest BCUT2D eigenvalue weighted by Gasteiger charge is -2.27. The van der Waals surface area contributed by atoms with Gasteiger partial charge in [0, 0.05) is 12.3 Å². The fourth-order valence-corrected chi connectivity index (χ4v) is 2.53. The Morgan fingerprint density at radius 3 is 2.70 bits per heavy atom. The summed E-state index contributed by atoms with van der Waals surface area (Å²) in [4.78, 5) is 15.6. The van der Waals surface area contributed by atoms with E-state index in [1.165, 1.54) is 26.1 Å². The predicted molar refractivity (Wildman–Crippen MR) is 75.7 cm³/mol. The average molecular weight is 278 g/mol. The van der Waals surface area contributed by atoms with Gasteiger partial charge in [-0.3, -0.25) is 0 Å². The number of ether oxygens (including phenoxy) is 2. The van der Waals surface area contributed by atoms with E-state index in [1.807, 2.05) is 0 Å². The fraction of sp³-hybridized carbons (Fsp3) is 0.600. The smallest absolute Gasteiger partial charge is 0.338 e. The van der Waals surface area contributed by atoms with E-state index < -0.39 is 5.97 Å². The van der Waals surface area contributed by atoms with Gasteiger partial charge >= 0.3 is 5.97 Å². The number of nitrogens with two attached hydrogens (primary N) is 1. The van der Waals surface area contributed by atoms with Crippen molar-refractivity contribution in [1.82, 2.24) is 4.98 Å². The molecule has 0 aromatic carbocycles. The first-order valence-electron chi connectivity index (χ1n) is 7.09. The third-order valence-corrected chi connectivity index (χ3v) is 3.76. The summed E-state index contributed by atoms with van der Waals surface area (Å²) in [6, 6.07) is 3.19. The van der Waals surface area contributed by atoms with E-state index in [0.717, 1.165) is 25.7 Å². The van der Waals surface area contributed by atoms with Crippen molar-refractivity contribution in [2.45, 2.75) is 44.1 Å². The van der Waals surface area contributed by atoms with Crippen LogP contribution in [0, 0.1) is 0 Å². The molecule has 0 aliphatic heterocycles. The topological polar surface area (TPSA) is 74.4 Å². The number of methoxy groups -OCH3 is 1. The quantitative estimate of drug-likeness (QED) is 0.675. The van der Waals surface area contributed by atoms with Crippen LogP contribution in [0.4, 0.5) is 0 Å². The standard InChI is InChI=1S/C15H22N2O3/c1-19-14(18)12-6-9-17-13(10-12)20-11-15(16)7-4-2-3-5-8-15/h6,9-10H,2-5,7-8,11,16H2,1H3. The molecule has 0 bridgehead atoms. The maximum atomic E-state index is 11.4. The van der Waals surface area contributed by atoms with E-state index in [4.69, 9.17) is 10.5 Å². The number of hydrogen-bond donors (Lipinski definition) is 1. The molecule has 0 saturated heterocycles. The van der Waals surface area contributed by atoms with E-state index in [1.54, 1.807) is 12.1 Å². The first-order chi connectivity index (χ1) is 9.63. The van der Waals surface area contributed by atoms with Crippen molar-refractivity contribution < 1.29 is 14.3 Å². The van der Waals surface area contributed by atoms with Gasteiger partial charge in [-0.15, -0.1) is 0 Å². The molecule has 1 aromatic heterocycles. The van der Waals surface area contributed by atoms with Crippen molar-refractivity contribution in [1.29, 1.82) is 0 Å². The lowest BCUT2D eigenvalue weighted by Crippen LogP contribution is -2.45. The SMILES string of the molecule is COC(=O)c1ccnc(OCC2(N)CCCCCC2)c1. The molecule has 1 fully saturated rings. The molecule has 1 aromatic rings. The minimum atomic E-state index is -0.394. The molecule has 0 unspecified atom stereocenters. The number of rotatable bonds is 4. The second-order valence-corrected chi connectivity index (χ2v) is 5.44. The van der Waals surface area contributed by atoms with E-state index in [2.05, 4.69) is 9.72 Å². The second-order valence-electron chi connectivity index (χ2n) is 5.44. The predicted octanol–water partition coefficient (Wildman–Crippen LogP) is 2.30. The Morgan fingerprint density at radius 2 is 2.05 bits per heavy atom. The summed E-state index contributed by atoms with van der Waals surface area (Å²) in [6.07, 6.45) is 8.28. The summed E-state index contributed by atoms with van der Waals surface area (Å²) in [6.45, 7) is 0.435. The van der Waals surface area contributed by atoms with Crippen molar-refractivity contribution in [2.75, 3.05) is 13.7 Å². The Bertz CT molecular complexity index is 454. The molecule has 5 nitrogen and oxygen atoms in total. The van der Waals surface area contributed by atoms with Gasteiger partial charge in [-0.25, -0.2) is 9.78 Å². The summed E-state index contributed by atoms with van der Waals surface area (Å²) < 4.78 is 10.4. The Kier molecular flexibility index (Phi) is 4.95. The first-order valence-corrected chi connectivity index (χ1v) is 7.09. The van der Waals surface area contributed by atoms with Gasteiger partial charge < -0.3 is 15.2 Å². The van der Waals surface area contributed by atoms with E-state index in [9.17, 15) is 4.79 Å². The number of pyridine rings is 1. The van der Waals surface area contributed by atoms with Gasteiger partial charge in [0.2, 0.25) is 5.88 Å². The first kappa shape index (κ1) is 14.8. The molecule has 0 spiro atoms. The molecule has 1 saturated carbocycles. The maximum absolute atomic E-state index is 11.4. The molecule has 0 radical (unpaired) electrons. The molecular weight excluding hydrogens is 256 g/mol.